The molecule has 0 saturated heterocycles. The van der Waals surface area contributed by atoms with Crippen molar-refractivity contribution in [2.75, 3.05) is 6.61 Å². The molecule has 1 heterocycles. The molecule has 3 aromatic rings. The molecule has 1 atom stereocenters. The highest BCUT2D eigenvalue weighted by molar-refractivity contribution is 6.74. The molecule has 1 aliphatic rings. The SMILES string of the molecule is C=C1CC(CO[Si](C)(C)C(C)(C)C)c2c(-c3ccccc3)nnc(-c3ccccc3)c21. The summed E-state index contributed by atoms with van der Waals surface area (Å²) < 4.78 is 6.67. The van der Waals surface area contributed by atoms with Crippen LogP contribution in [0, 0.1) is 0 Å². The average molecular weight is 429 g/mol. The molecule has 0 amide bonds. The summed E-state index contributed by atoms with van der Waals surface area (Å²) in [5, 5.41) is 9.61. The first-order valence-corrected chi connectivity index (χ1v) is 13.9. The minimum absolute atomic E-state index is 0.180. The maximum absolute atomic E-state index is 6.67. The van der Waals surface area contributed by atoms with E-state index in [1.807, 2.05) is 24.3 Å². The topological polar surface area (TPSA) is 35.0 Å². The van der Waals surface area contributed by atoms with Gasteiger partial charge in [-0.3, -0.25) is 0 Å². The fourth-order valence-corrected chi connectivity index (χ4v) is 5.03. The average Bonchev–Trinajstić information content (AvgIpc) is 3.09. The van der Waals surface area contributed by atoms with E-state index in [0.29, 0.717) is 6.61 Å². The van der Waals surface area contributed by atoms with Crippen molar-refractivity contribution in [2.24, 2.45) is 0 Å². The Morgan fingerprint density at radius 3 is 1.97 bits per heavy atom. The first-order valence-electron chi connectivity index (χ1n) is 11.0. The lowest BCUT2D eigenvalue weighted by molar-refractivity contribution is 0.266. The summed E-state index contributed by atoms with van der Waals surface area (Å²) in [6.07, 6.45) is 0.886. The Morgan fingerprint density at radius 1 is 0.903 bits per heavy atom. The molecule has 1 aliphatic carbocycles. The molecule has 0 fully saturated rings. The molecule has 31 heavy (non-hydrogen) atoms. The van der Waals surface area contributed by atoms with Gasteiger partial charge in [-0.15, -0.1) is 10.2 Å². The van der Waals surface area contributed by atoms with Gasteiger partial charge in [-0.05, 0) is 35.7 Å². The van der Waals surface area contributed by atoms with Crippen molar-refractivity contribution in [3.8, 4) is 22.5 Å². The van der Waals surface area contributed by atoms with Crippen molar-refractivity contribution in [1.29, 1.82) is 0 Å². The van der Waals surface area contributed by atoms with Gasteiger partial charge in [0.05, 0.1) is 5.69 Å². The van der Waals surface area contributed by atoms with Crippen LogP contribution in [0.3, 0.4) is 0 Å². The lowest BCUT2D eigenvalue weighted by Crippen LogP contribution is -2.41. The van der Waals surface area contributed by atoms with E-state index in [4.69, 9.17) is 9.52 Å². The fraction of sp³-hybridized carbons (Fsp3) is 0.333. The summed E-state index contributed by atoms with van der Waals surface area (Å²) in [5.41, 5.74) is 7.58. The van der Waals surface area contributed by atoms with Gasteiger partial charge < -0.3 is 4.43 Å². The van der Waals surface area contributed by atoms with Crippen LogP contribution in [0.1, 0.15) is 44.2 Å². The highest BCUT2D eigenvalue weighted by Gasteiger charge is 2.40. The number of hydrogen-bond donors (Lipinski definition) is 0. The molecule has 0 spiro atoms. The molecule has 1 unspecified atom stereocenters. The number of allylic oxidation sites excluding steroid dienone is 1. The van der Waals surface area contributed by atoms with Crippen LogP contribution < -0.4 is 0 Å². The predicted octanol–water partition coefficient (Wildman–Crippen LogP) is 7.33. The van der Waals surface area contributed by atoms with Gasteiger partial charge in [0.2, 0.25) is 0 Å². The third-order valence-electron chi connectivity index (χ3n) is 6.81. The second-order valence-electron chi connectivity index (χ2n) is 9.99. The van der Waals surface area contributed by atoms with Crippen LogP contribution in [0.15, 0.2) is 67.2 Å². The van der Waals surface area contributed by atoms with Crippen LogP contribution in [-0.2, 0) is 4.43 Å². The van der Waals surface area contributed by atoms with E-state index in [2.05, 4.69) is 81.9 Å². The Labute approximate surface area is 187 Å². The standard InChI is InChI=1S/C27H32N2OSi/c1-19-17-22(18-30-31(5,6)27(2,3)4)24-23(19)25(20-13-9-7-10-14-20)28-29-26(24)21-15-11-8-12-16-21/h7-16,22H,1,17-18H2,2-6H3. The normalized spacial score (nSPS) is 16.4. The summed E-state index contributed by atoms with van der Waals surface area (Å²) >= 11 is 0. The summed E-state index contributed by atoms with van der Waals surface area (Å²) in [6, 6.07) is 20.7. The molecular formula is C27H32N2OSi. The summed E-state index contributed by atoms with van der Waals surface area (Å²) in [7, 11) is -1.86. The van der Waals surface area contributed by atoms with E-state index in [-0.39, 0.29) is 11.0 Å². The Bertz CT molecular complexity index is 1090. The van der Waals surface area contributed by atoms with Crippen LogP contribution >= 0.6 is 0 Å². The van der Waals surface area contributed by atoms with E-state index in [1.54, 1.807) is 0 Å². The first-order chi connectivity index (χ1) is 14.7. The Hall–Kier alpha value is -2.56. The monoisotopic (exact) mass is 428 g/mol. The van der Waals surface area contributed by atoms with Crippen LogP contribution in [0.25, 0.3) is 28.1 Å². The molecule has 1 aromatic heterocycles. The molecule has 0 radical (unpaired) electrons. The fourth-order valence-electron chi connectivity index (χ4n) is 3.98. The third kappa shape index (κ3) is 4.15. The van der Waals surface area contributed by atoms with Crippen molar-refractivity contribution in [2.45, 2.75) is 51.2 Å². The summed E-state index contributed by atoms with van der Waals surface area (Å²) in [5.74, 6) is 0.241. The number of rotatable bonds is 5. The molecule has 3 nitrogen and oxygen atoms in total. The molecular weight excluding hydrogens is 396 g/mol. The second kappa shape index (κ2) is 8.17. The molecule has 160 valence electrons. The number of nitrogens with zero attached hydrogens (tertiary/aromatic N) is 2. The van der Waals surface area contributed by atoms with Gasteiger partial charge in [0.15, 0.2) is 8.32 Å². The molecule has 0 aliphatic heterocycles. The highest BCUT2D eigenvalue weighted by atomic mass is 28.4. The third-order valence-corrected chi connectivity index (χ3v) is 11.3. The Balaban J connectivity index is 1.82. The maximum Gasteiger partial charge on any atom is 0.192 e. The maximum atomic E-state index is 6.67. The lowest BCUT2D eigenvalue weighted by Gasteiger charge is -2.37. The van der Waals surface area contributed by atoms with Crippen LogP contribution in [0.4, 0.5) is 0 Å². The summed E-state index contributed by atoms with van der Waals surface area (Å²) in [6.45, 7) is 16.6. The van der Waals surface area contributed by atoms with Crippen molar-refractivity contribution in [1.82, 2.24) is 10.2 Å². The van der Waals surface area contributed by atoms with E-state index >= 15 is 0 Å². The van der Waals surface area contributed by atoms with Gasteiger partial charge in [-0.25, -0.2) is 0 Å². The van der Waals surface area contributed by atoms with Crippen molar-refractivity contribution >= 4 is 13.9 Å². The zero-order valence-electron chi connectivity index (χ0n) is 19.3. The highest BCUT2D eigenvalue weighted by Crippen LogP contribution is 2.48. The van der Waals surface area contributed by atoms with Gasteiger partial charge in [0.1, 0.15) is 5.69 Å². The molecule has 4 heteroatoms. The first kappa shape index (κ1) is 21.7. The van der Waals surface area contributed by atoms with E-state index in [0.717, 1.165) is 40.1 Å². The van der Waals surface area contributed by atoms with E-state index in [1.165, 1.54) is 5.56 Å². The Kier molecular flexibility index (Phi) is 5.71. The predicted molar refractivity (Wildman–Crippen MR) is 132 cm³/mol. The van der Waals surface area contributed by atoms with Crippen molar-refractivity contribution in [3.63, 3.8) is 0 Å². The number of fused-ring (bicyclic) bond motifs is 1. The molecule has 4 rings (SSSR count). The van der Waals surface area contributed by atoms with E-state index < -0.39 is 8.32 Å². The number of hydrogen-bond acceptors (Lipinski definition) is 3. The molecule has 0 saturated carbocycles. The smallest absolute Gasteiger partial charge is 0.192 e. The van der Waals surface area contributed by atoms with Gasteiger partial charge in [-0.2, -0.15) is 0 Å². The van der Waals surface area contributed by atoms with Gasteiger partial charge in [0, 0.05) is 29.2 Å². The molecule has 2 aromatic carbocycles. The Morgan fingerprint density at radius 2 is 1.42 bits per heavy atom. The van der Waals surface area contributed by atoms with Crippen molar-refractivity contribution in [3.05, 3.63) is 78.4 Å². The second-order valence-corrected chi connectivity index (χ2v) is 14.8. The largest absolute Gasteiger partial charge is 0.416 e. The van der Waals surface area contributed by atoms with Gasteiger partial charge >= 0.3 is 0 Å². The van der Waals surface area contributed by atoms with Crippen LogP contribution in [-0.4, -0.2) is 25.1 Å². The van der Waals surface area contributed by atoms with Crippen LogP contribution in [0.5, 0.6) is 0 Å². The van der Waals surface area contributed by atoms with Gasteiger partial charge in [-0.1, -0.05) is 88.0 Å². The van der Waals surface area contributed by atoms with Crippen LogP contribution in [0.2, 0.25) is 18.1 Å². The zero-order valence-corrected chi connectivity index (χ0v) is 20.3. The quantitative estimate of drug-likeness (QED) is 0.399. The van der Waals surface area contributed by atoms with E-state index in [9.17, 15) is 0 Å². The molecule has 0 N–H and O–H groups in total. The van der Waals surface area contributed by atoms with Crippen molar-refractivity contribution < 1.29 is 4.43 Å². The number of aromatic nitrogens is 2. The number of benzene rings is 2. The lowest BCUT2D eigenvalue weighted by atomic mass is 9.94. The zero-order chi connectivity index (χ0) is 22.2. The minimum atomic E-state index is -1.86. The summed E-state index contributed by atoms with van der Waals surface area (Å²) in [4.78, 5) is 0. The minimum Gasteiger partial charge on any atom is -0.416 e. The van der Waals surface area contributed by atoms with Gasteiger partial charge in [0.25, 0.3) is 0 Å². The molecule has 0 bridgehead atoms.